The standard InChI is InChI=1S/C9H11N3S/c10-4-7(11)6-2-1-3-8-9(6)12-5-13-8/h1-3,5,7H,4,10-11H2. The zero-order chi connectivity index (χ0) is 9.26. The fraction of sp³-hybridized carbons (Fsp3) is 0.222. The van der Waals surface area contributed by atoms with Crippen LogP contribution >= 0.6 is 11.3 Å². The van der Waals surface area contributed by atoms with E-state index < -0.39 is 0 Å². The van der Waals surface area contributed by atoms with Gasteiger partial charge in [-0.05, 0) is 11.6 Å². The topological polar surface area (TPSA) is 64.9 Å². The van der Waals surface area contributed by atoms with Crippen LogP contribution in [0.1, 0.15) is 11.6 Å². The first-order valence-electron chi connectivity index (χ1n) is 4.10. The van der Waals surface area contributed by atoms with E-state index in [9.17, 15) is 0 Å². The van der Waals surface area contributed by atoms with Gasteiger partial charge in [-0.3, -0.25) is 0 Å². The molecule has 1 aromatic heterocycles. The van der Waals surface area contributed by atoms with Crippen LogP contribution in [-0.4, -0.2) is 11.5 Å². The van der Waals surface area contributed by atoms with Gasteiger partial charge in [-0.15, -0.1) is 11.3 Å². The minimum Gasteiger partial charge on any atom is -0.329 e. The molecule has 3 nitrogen and oxygen atoms in total. The van der Waals surface area contributed by atoms with E-state index in [1.54, 1.807) is 11.3 Å². The van der Waals surface area contributed by atoms with Crippen LogP contribution in [0, 0.1) is 0 Å². The van der Waals surface area contributed by atoms with Gasteiger partial charge >= 0.3 is 0 Å². The van der Waals surface area contributed by atoms with Crippen molar-refractivity contribution in [2.45, 2.75) is 6.04 Å². The molecule has 2 rings (SSSR count). The number of rotatable bonds is 2. The highest BCUT2D eigenvalue weighted by Gasteiger charge is 2.09. The van der Waals surface area contributed by atoms with Gasteiger partial charge in [-0.1, -0.05) is 12.1 Å². The lowest BCUT2D eigenvalue weighted by molar-refractivity contribution is 0.742. The molecule has 4 N–H and O–H groups in total. The van der Waals surface area contributed by atoms with Gasteiger partial charge < -0.3 is 11.5 Å². The highest BCUT2D eigenvalue weighted by Crippen LogP contribution is 2.24. The van der Waals surface area contributed by atoms with Gasteiger partial charge in [0.25, 0.3) is 0 Å². The first-order chi connectivity index (χ1) is 6.33. The Morgan fingerprint density at radius 2 is 2.31 bits per heavy atom. The summed E-state index contributed by atoms with van der Waals surface area (Å²) < 4.78 is 1.17. The molecule has 1 atom stereocenters. The molecule has 2 aromatic rings. The van der Waals surface area contributed by atoms with Crippen LogP contribution < -0.4 is 11.5 Å². The maximum atomic E-state index is 5.86. The third-order valence-corrected chi connectivity index (χ3v) is 2.84. The van der Waals surface area contributed by atoms with E-state index in [-0.39, 0.29) is 6.04 Å². The molecule has 68 valence electrons. The second kappa shape index (κ2) is 3.41. The quantitative estimate of drug-likeness (QED) is 0.754. The van der Waals surface area contributed by atoms with Crippen molar-refractivity contribution in [2.24, 2.45) is 11.5 Å². The number of hydrogen-bond acceptors (Lipinski definition) is 4. The normalized spacial score (nSPS) is 13.4. The highest BCUT2D eigenvalue weighted by molar-refractivity contribution is 7.16. The Labute approximate surface area is 80.4 Å². The molecule has 1 unspecified atom stereocenters. The van der Waals surface area contributed by atoms with E-state index in [1.165, 1.54) is 4.70 Å². The molecule has 0 aliphatic rings. The second-order valence-corrected chi connectivity index (χ2v) is 3.77. The third-order valence-electron chi connectivity index (χ3n) is 2.05. The SMILES string of the molecule is NCC(N)c1cccc2scnc12. The van der Waals surface area contributed by atoms with Crippen LogP contribution in [0.5, 0.6) is 0 Å². The fourth-order valence-corrected chi connectivity index (χ4v) is 2.05. The van der Waals surface area contributed by atoms with Crippen molar-refractivity contribution in [3.8, 4) is 0 Å². The Bertz CT molecular complexity index is 410. The summed E-state index contributed by atoms with van der Waals surface area (Å²) in [6, 6.07) is 5.91. The third kappa shape index (κ3) is 1.44. The average molecular weight is 193 g/mol. The van der Waals surface area contributed by atoms with E-state index in [1.807, 2.05) is 23.7 Å². The van der Waals surface area contributed by atoms with Crippen LogP contribution in [0.25, 0.3) is 10.2 Å². The molecule has 4 heteroatoms. The summed E-state index contributed by atoms with van der Waals surface area (Å²) in [6.45, 7) is 0.455. The smallest absolute Gasteiger partial charge is 0.0860 e. The summed E-state index contributed by atoms with van der Waals surface area (Å²) in [7, 11) is 0. The fourth-order valence-electron chi connectivity index (χ4n) is 1.33. The summed E-state index contributed by atoms with van der Waals surface area (Å²) >= 11 is 1.62. The van der Waals surface area contributed by atoms with Crippen molar-refractivity contribution in [2.75, 3.05) is 6.54 Å². The first-order valence-corrected chi connectivity index (χ1v) is 4.98. The minimum absolute atomic E-state index is 0.106. The maximum absolute atomic E-state index is 5.86. The monoisotopic (exact) mass is 193 g/mol. The van der Waals surface area contributed by atoms with Crippen molar-refractivity contribution in [1.29, 1.82) is 0 Å². The number of aromatic nitrogens is 1. The predicted molar refractivity (Wildman–Crippen MR) is 55.6 cm³/mol. The molecule has 0 radical (unpaired) electrons. The second-order valence-electron chi connectivity index (χ2n) is 2.89. The van der Waals surface area contributed by atoms with Gasteiger partial charge in [0.05, 0.1) is 15.7 Å². The lowest BCUT2D eigenvalue weighted by atomic mass is 10.1. The van der Waals surface area contributed by atoms with Crippen LogP contribution in [-0.2, 0) is 0 Å². The van der Waals surface area contributed by atoms with E-state index in [0.717, 1.165) is 11.1 Å². The Balaban J connectivity index is 2.60. The maximum Gasteiger partial charge on any atom is 0.0860 e. The van der Waals surface area contributed by atoms with Crippen molar-refractivity contribution < 1.29 is 0 Å². The number of para-hydroxylation sites is 1. The summed E-state index contributed by atoms with van der Waals surface area (Å²) in [6.07, 6.45) is 0. The molecule has 0 fully saturated rings. The van der Waals surface area contributed by atoms with Gasteiger partial charge in [0.2, 0.25) is 0 Å². The van der Waals surface area contributed by atoms with Crippen molar-refractivity contribution in [3.63, 3.8) is 0 Å². The van der Waals surface area contributed by atoms with E-state index in [2.05, 4.69) is 4.98 Å². The average Bonchev–Trinajstić information content (AvgIpc) is 2.63. The Morgan fingerprint density at radius 3 is 3.08 bits per heavy atom. The number of nitrogens with two attached hydrogens (primary N) is 2. The molecule has 0 spiro atoms. The van der Waals surface area contributed by atoms with E-state index in [4.69, 9.17) is 11.5 Å². The lowest BCUT2D eigenvalue weighted by Gasteiger charge is -2.08. The summed E-state index contributed by atoms with van der Waals surface area (Å²) in [5.74, 6) is 0. The Kier molecular flexibility index (Phi) is 2.26. The van der Waals surface area contributed by atoms with Crippen LogP contribution in [0.4, 0.5) is 0 Å². The Hall–Kier alpha value is -0.970. The van der Waals surface area contributed by atoms with Crippen LogP contribution in [0.15, 0.2) is 23.7 Å². The number of thiazole rings is 1. The Morgan fingerprint density at radius 1 is 1.46 bits per heavy atom. The van der Waals surface area contributed by atoms with Crippen molar-refractivity contribution in [1.82, 2.24) is 4.98 Å². The summed E-state index contributed by atoms with van der Waals surface area (Å²) in [5.41, 5.74) is 15.2. The molecular weight excluding hydrogens is 182 g/mol. The number of benzene rings is 1. The van der Waals surface area contributed by atoms with Crippen molar-refractivity contribution in [3.05, 3.63) is 29.3 Å². The van der Waals surface area contributed by atoms with E-state index in [0.29, 0.717) is 6.54 Å². The lowest BCUT2D eigenvalue weighted by Crippen LogP contribution is -2.20. The molecule has 1 heterocycles. The van der Waals surface area contributed by atoms with Crippen LogP contribution in [0.2, 0.25) is 0 Å². The van der Waals surface area contributed by atoms with Crippen molar-refractivity contribution >= 4 is 21.6 Å². The van der Waals surface area contributed by atoms with Gasteiger partial charge in [0.15, 0.2) is 0 Å². The largest absolute Gasteiger partial charge is 0.329 e. The minimum atomic E-state index is -0.106. The molecular formula is C9H11N3S. The number of nitrogens with zero attached hydrogens (tertiary/aromatic N) is 1. The molecule has 13 heavy (non-hydrogen) atoms. The zero-order valence-electron chi connectivity index (χ0n) is 7.10. The number of hydrogen-bond donors (Lipinski definition) is 2. The van der Waals surface area contributed by atoms with Gasteiger partial charge in [-0.25, -0.2) is 4.98 Å². The van der Waals surface area contributed by atoms with Crippen LogP contribution in [0.3, 0.4) is 0 Å². The number of fused-ring (bicyclic) bond motifs is 1. The predicted octanol–water partition coefficient (Wildman–Crippen LogP) is 1.25. The summed E-state index contributed by atoms with van der Waals surface area (Å²) in [4.78, 5) is 4.27. The highest BCUT2D eigenvalue weighted by atomic mass is 32.1. The zero-order valence-corrected chi connectivity index (χ0v) is 7.92. The molecule has 0 bridgehead atoms. The molecule has 0 aliphatic heterocycles. The molecule has 0 saturated carbocycles. The summed E-state index contributed by atoms with van der Waals surface area (Å²) in [5, 5.41) is 0. The molecule has 1 aromatic carbocycles. The molecule has 0 aliphatic carbocycles. The van der Waals surface area contributed by atoms with Gasteiger partial charge in [0, 0.05) is 12.6 Å². The van der Waals surface area contributed by atoms with Gasteiger partial charge in [0.1, 0.15) is 0 Å². The van der Waals surface area contributed by atoms with E-state index >= 15 is 0 Å². The first kappa shape index (κ1) is 8.62. The van der Waals surface area contributed by atoms with Gasteiger partial charge in [-0.2, -0.15) is 0 Å². The molecule has 0 amide bonds. The molecule has 0 saturated heterocycles.